The number of aromatic nitrogens is 3. The SMILES string of the molecule is CN(CCOc1ccc(Cc2sc(=O)[nH]c2O)cc1)c1ncccn1. The van der Waals surface area contributed by atoms with Gasteiger partial charge in [0.1, 0.15) is 12.4 Å². The van der Waals surface area contributed by atoms with Crippen molar-refractivity contribution in [1.29, 1.82) is 0 Å². The summed E-state index contributed by atoms with van der Waals surface area (Å²) in [6.07, 6.45) is 3.92. The summed E-state index contributed by atoms with van der Waals surface area (Å²) in [7, 11) is 1.91. The molecule has 0 saturated carbocycles. The molecule has 3 rings (SSSR count). The Morgan fingerprint density at radius 1 is 1.24 bits per heavy atom. The van der Waals surface area contributed by atoms with Crippen molar-refractivity contribution in [2.75, 3.05) is 25.1 Å². The quantitative estimate of drug-likeness (QED) is 0.672. The number of hydrogen-bond acceptors (Lipinski definition) is 7. The minimum atomic E-state index is -0.251. The number of anilines is 1. The summed E-state index contributed by atoms with van der Waals surface area (Å²) in [4.78, 5) is 24.2. The van der Waals surface area contributed by atoms with Crippen LogP contribution in [-0.2, 0) is 6.42 Å². The van der Waals surface area contributed by atoms with E-state index in [1.807, 2.05) is 36.2 Å². The zero-order valence-corrected chi connectivity index (χ0v) is 14.5. The Bertz CT molecular complexity index is 862. The van der Waals surface area contributed by atoms with Crippen molar-refractivity contribution in [2.24, 2.45) is 0 Å². The van der Waals surface area contributed by atoms with Gasteiger partial charge in [-0.25, -0.2) is 9.97 Å². The monoisotopic (exact) mass is 358 g/mol. The average Bonchev–Trinajstić information content (AvgIpc) is 2.94. The molecule has 2 heterocycles. The number of H-pyrrole nitrogens is 1. The van der Waals surface area contributed by atoms with Gasteiger partial charge >= 0.3 is 4.87 Å². The predicted molar refractivity (Wildman–Crippen MR) is 96.6 cm³/mol. The highest BCUT2D eigenvalue weighted by molar-refractivity contribution is 7.09. The minimum absolute atomic E-state index is 0.0542. The summed E-state index contributed by atoms with van der Waals surface area (Å²) >= 11 is 1.02. The van der Waals surface area contributed by atoms with E-state index >= 15 is 0 Å². The van der Waals surface area contributed by atoms with Crippen LogP contribution >= 0.6 is 11.3 Å². The van der Waals surface area contributed by atoms with E-state index in [0.29, 0.717) is 30.4 Å². The van der Waals surface area contributed by atoms with Crippen molar-refractivity contribution in [1.82, 2.24) is 15.0 Å². The molecule has 0 aliphatic heterocycles. The lowest BCUT2D eigenvalue weighted by Gasteiger charge is -2.16. The summed E-state index contributed by atoms with van der Waals surface area (Å²) in [5.74, 6) is 1.37. The van der Waals surface area contributed by atoms with Crippen molar-refractivity contribution in [3.8, 4) is 11.6 Å². The molecule has 0 atom stereocenters. The summed E-state index contributed by atoms with van der Waals surface area (Å²) in [5, 5.41) is 9.62. The summed E-state index contributed by atoms with van der Waals surface area (Å²) in [6.45, 7) is 1.17. The van der Waals surface area contributed by atoms with Gasteiger partial charge in [0.2, 0.25) is 11.8 Å². The van der Waals surface area contributed by atoms with Crippen LogP contribution in [0.1, 0.15) is 10.4 Å². The first-order valence-electron chi connectivity index (χ1n) is 7.72. The third-order valence-corrected chi connectivity index (χ3v) is 4.45. The summed E-state index contributed by atoms with van der Waals surface area (Å²) < 4.78 is 5.73. The molecular formula is C17H18N4O3S. The van der Waals surface area contributed by atoms with Gasteiger partial charge in [0.25, 0.3) is 0 Å². The summed E-state index contributed by atoms with van der Waals surface area (Å²) in [6, 6.07) is 9.37. The topological polar surface area (TPSA) is 91.3 Å². The first kappa shape index (κ1) is 17.0. The van der Waals surface area contributed by atoms with Gasteiger partial charge in [0.15, 0.2) is 0 Å². The molecule has 0 amide bonds. The highest BCUT2D eigenvalue weighted by Crippen LogP contribution is 2.21. The fraction of sp³-hybridized carbons (Fsp3) is 0.235. The first-order chi connectivity index (χ1) is 12.1. The van der Waals surface area contributed by atoms with Gasteiger partial charge in [-0.3, -0.25) is 9.78 Å². The molecule has 3 aromatic rings. The van der Waals surface area contributed by atoms with E-state index in [1.54, 1.807) is 18.5 Å². The third kappa shape index (κ3) is 4.57. The Morgan fingerprint density at radius 3 is 2.60 bits per heavy atom. The number of benzene rings is 1. The Morgan fingerprint density at radius 2 is 1.96 bits per heavy atom. The molecule has 0 bridgehead atoms. The molecule has 7 nitrogen and oxygen atoms in total. The maximum atomic E-state index is 11.2. The number of thiazole rings is 1. The van der Waals surface area contributed by atoms with Crippen LogP contribution in [0.15, 0.2) is 47.5 Å². The number of aromatic hydroxyl groups is 1. The molecule has 0 radical (unpaired) electrons. The second kappa shape index (κ2) is 7.80. The van der Waals surface area contributed by atoms with Gasteiger partial charge in [0, 0.05) is 25.9 Å². The van der Waals surface area contributed by atoms with Crippen LogP contribution < -0.4 is 14.5 Å². The molecular weight excluding hydrogens is 340 g/mol. The molecule has 25 heavy (non-hydrogen) atoms. The zero-order chi connectivity index (χ0) is 17.6. The zero-order valence-electron chi connectivity index (χ0n) is 13.7. The van der Waals surface area contributed by atoms with Gasteiger partial charge in [-0.05, 0) is 23.8 Å². The van der Waals surface area contributed by atoms with Crippen LogP contribution in [-0.4, -0.2) is 40.3 Å². The second-order valence-electron chi connectivity index (χ2n) is 5.43. The number of hydrogen-bond donors (Lipinski definition) is 2. The van der Waals surface area contributed by atoms with Crippen molar-refractivity contribution >= 4 is 17.3 Å². The van der Waals surface area contributed by atoms with E-state index < -0.39 is 0 Å². The fourth-order valence-corrected chi connectivity index (χ4v) is 3.01. The van der Waals surface area contributed by atoms with Gasteiger partial charge in [-0.15, -0.1) is 0 Å². The van der Waals surface area contributed by atoms with Crippen molar-refractivity contribution < 1.29 is 9.84 Å². The van der Waals surface area contributed by atoms with E-state index in [2.05, 4.69) is 15.0 Å². The fourth-order valence-electron chi connectivity index (χ4n) is 2.25. The van der Waals surface area contributed by atoms with Gasteiger partial charge < -0.3 is 14.7 Å². The number of nitrogens with one attached hydrogen (secondary N) is 1. The number of likely N-dealkylation sites (N-methyl/N-ethyl adjacent to an activating group) is 1. The molecule has 0 spiro atoms. The van der Waals surface area contributed by atoms with Crippen LogP contribution in [0.3, 0.4) is 0 Å². The normalized spacial score (nSPS) is 10.6. The molecule has 2 aromatic heterocycles. The summed E-state index contributed by atoms with van der Waals surface area (Å²) in [5.41, 5.74) is 0.993. The molecule has 0 saturated heterocycles. The van der Waals surface area contributed by atoms with Gasteiger partial charge in [0.05, 0.1) is 11.4 Å². The molecule has 0 aliphatic rings. The number of rotatable bonds is 7. The number of nitrogens with zero attached hydrogens (tertiary/aromatic N) is 3. The third-order valence-electron chi connectivity index (χ3n) is 3.58. The van der Waals surface area contributed by atoms with Crippen molar-refractivity contribution in [2.45, 2.75) is 6.42 Å². The highest BCUT2D eigenvalue weighted by Gasteiger charge is 2.08. The Labute approximate surface area is 148 Å². The van der Waals surface area contributed by atoms with Crippen LogP contribution in [0.5, 0.6) is 11.6 Å². The van der Waals surface area contributed by atoms with Crippen LogP contribution in [0.25, 0.3) is 0 Å². The standard InChI is InChI=1S/C17H18N4O3S/c1-21(16-18-7-2-8-19-16)9-10-24-13-5-3-12(4-6-13)11-14-15(22)20-17(23)25-14/h2-8,22H,9-11H2,1H3,(H,20,23). The maximum Gasteiger partial charge on any atom is 0.307 e. The lowest BCUT2D eigenvalue weighted by molar-refractivity contribution is 0.325. The Kier molecular flexibility index (Phi) is 5.30. The molecule has 8 heteroatoms. The first-order valence-corrected chi connectivity index (χ1v) is 8.54. The van der Waals surface area contributed by atoms with E-state index in [0.717, 1.165) is 22.6 Å². The van der Waals surface area contributed by atoms with Crippen LogP contribution in [0, 0.1) is 0 Å². The van der Waals surface area contributed by atoms with E-state index in [9.17, 15) is 9.90 Å². The second-order valence-corrected chi connectivity index (χ2v) is 6.49. The van der Waals surface area contributed by atoms with Crippen molar-refractivity contribution in [3.63, 3.8) is 0 Å². The molecule has 0 fully saturated rings. The Balaban J connectivity index is 1.51. The predicted octanol–water partition coefficient (Wildman–Crippen LogP) is 2.04. The number of aromatic amines is 1. The smallest absolute Gasteiger partial charge is 0.307 e. The minimum Gasteiger partial charge on any atom is -0.494 e. The lowest BCUT2D eigenvalue weighted by atomic mass is 10.1. The maximum absolute atomic E-state index is 11.2. The molecule has 0 aliphatic carbocycles. The van der Waals surface area contributed by atoms with Crippen LogP contribution in [0.4, 0.5) is 5.95 Å². The van der Waals surface area contributed by atoms with Crippen LogP contribution in [0.2, 0.25) is 0 Å². The molecule has 0 unspecified atom stereocenters. The Hall–Kier alpha value is -2.87. The average molecular weight is 358 g/mol. The number of ether oxygens (including phenoxy) is 1. The van der Waals surface area contributed by atoms with Gasteiger partial charge in [-0.2, -0.15) is 0 Å². The molecule has 2 N–H and O–H groups in total. The van der Waals surface area contributed by atoms with E-state index in [1.165, 1.54) is 0 Å². The highest BCUT2D eigenvalue weighted by atomic mass is 32.1. The van der Waals surface area contributed by atoms with Crippen molar-refractivity contribution in [3.05, 3.63) is 62.8 Å². The largest absolute Gasteiger partial charge is 0.494 e. The lowest BCUT2D eigenvalue weighted by Crippen LogP contribution is -2.25. The van der Waals surface area contributed by atoms with E-state index in [-0.39, 0.29) is 10.8 Å². The van der Waals surface area contributed by atoms with E-state index in [4.69, 9.17) is 4.74 Å². The van der Waals surface area contributed by atoms with Gasteiger partial charge in [-0.1, -0.05) is 23.5 Å². The molecule has 130 valence electrons. The molecule has 1 aromatic carbocycles.